The summed E-state index contributed by atoms with van der Waals surface area (Å²) >= 11 is 0. The van der Waals surface area contributed by atoms with E-state index >= 15 is 0 Å². The zero-order valence-corrected chi connectivity index (χ0v) is 16.1. The number of amides is 2. The lowest BCUT2D eigenvalue weighted by Crippen LogP contribution is -2.33. The lowest BCUT2D eigenvalue weighted by Gasteiger charge is -2.24. The molecule has 29 heavy (non-hydrogen) atoms. The van der Waals surface area contributed by atoms with E-state index in [0.29, 0.717) is 16.6 Å². The van der Waals surface area contributed by atoms with Crippen molar-refractivity contribution >= 4 is 17.8 Å². The van der Waals surface area contributed by atoms with Crippen molar-refractivity contribution in [2.24, 2.45) is 0 Å². The van der Waals surface area contributed by atoms with Crippen LogP contribution in [0.1, 0.15) is 63.2 Å². The van der Waals surface area contributed by atoms with Crippen LogP contribution in [0.15, 0.2) is 42.5 Å². The Bertz CT molecular complexity index is 929. The SMILES string of the molecule is COc1ccc(C(=O)ON2C(=O)c3ccccc3C2=O)c(OC2CCCCC2)c1. The Hall–Kier alpha value is -3.35. The van der Waals surface area contributed by atoms with Crippen LogP contribution in [0.3, 0.4) is 0 Å². The van der Waals surface area contributed by atoms with Gasteiger partial charge in [-0.15, -0.1) is 0 Å². The molecule has 0 bridgehead atoms. The summed E-state index contributed by atoms with van der Waals surface area (Å²) in [5.74, 6) is -1.32. The Balaban J connectivity index is 1.57. The zero-order valence-electron chi connectivity index (χ0n) is 16.1. The van der Waals surface area contributed by atoms with Crippen LogP contribution >= 0.6 is 0 Å². The predicted molar refractivity (Wildman–Crippen MR) is 103 cm³/mol. The number of benzene rings is 2. The smallest absolute Gasteiger partial charge is 0.367 e. The molecule has 2 amide bonds. The second-order valence-electron chi connectivity index (χ2n) is 7.07. The Kier molecular flexibility index (Phi) is 5.20. The fraction of sp³-hybridized carbons (Fsp3) is 0.318. The van der Waals surface area contributed by atoms with Crippen molar-refractivity contribution in [3.8, 4) is 11.5 Å². The Morgan fingerprint density at radius 3 is 2.24 bits per heavy atom. The van der Waals surface area contributed by atoms with Crippen LogP contribution in [0.25, 0.3) is 0 Å². The monoisotopic (exact) mass is 395 g/mol. The van der Waals surface area contributed by atoms with Crippen molar-refractivity contribution in [1.82, 2.24) is 5.06 Å². The van der Waals surface area contributed by atoms with Crippen LogP contribution in [-0.4, -0.2) is 36.1 Å². The van der Waals surface area contributed by atoms with Gasteiger partial charge in [0.05, 0.1) is 24.3 Å². The standard InChI is InChI=1S/C22H21NO6/c1-27-15-11-12-18(19(13-15)28-14-7-3-2-4-8-14)22(26)29-23-20(24)16-9-5-6-10-17(16)21(23)25/h5-6,9-14H,2-4,7-8H2,1H3. The molecule has 0 saturated heterocycles. The highest BCUT2D eigenvalue weighted by Gasteiger charge is 2.39. The molecule has 0 aromatic heterocycles. The van der Waals surface area contributed by atoms with E-state index in [1.54, 1.807) is 24.3 Å². The molecular formula is C22H21NO6. The summed E-state index contributed by atoms with van der Waals surface area (Å²) in [6.07, 6.45) is 5.13. The van der Waals surface area contributed by atoms with Crippen LogP contribution < -0.4 is 9.47 Å². The van der Waals surface area contributed by atoms with Gasteiger partial charge in [-0.2, -0.15) is 0 Å². The van der Waals surface area contributed by atoms with Crippen molar-refractivity contribution < 1.29 is 28.7 Å². The van der Waals surface area contributed by atoms with Gasteiger partial charge >= 0.3 is 5.97 Å². The number of hydrogen-bond acceptors (Lipinski definition) is 6. The highest BCUT2D eigenvalue weighted by atomic mass is 16.7. The van der Waals surface area contributed by atoms with Gasteiger partial charge in [-0.3, -0.25) is 9.59 Å². The van der Waals surface area contributed by atoms with E-state index in [4.69, 9.17) is 14.3 Å². The first-order chi connectivity index (χ1) is 14.1. The maximum Gasteiger partial charge on any atom is 0.367 e. The molecule has 4 rings (SSSR count). The van der Waals surface area contributed by atoms with E-state index < -0.39 is 17.8 Å². The van der Waals surface area contributed by atoms with E-state index in [9.17, 15) is 14.4 Å². The molecule has 2 aromatic carbocycles. The summed E-state index contributed by atoms with van der Waals surface area (Å²) in [6.45, 7) is 0. The topological polar surface area (TPSA) is 82.1 Å². The number of nitrogens with zero attached hydrogens (tertiary/aromatic N) is 1. The second-order valence-corrected chi connectivity index (χ2v) is 7.07. The van der Waals surface area contributed by atoms with Gasteiger partial charge in [0.25, 0.3) is 11.8 Å². The first kappa shape index (κ1) is 19.0. The van der Waals surface area contributed by atoms with Gasteiger partial charge in [0.15, 0.2) is 0 Å². The molecule has 7 nitrogen and oxygen atoms in total. The van der Waals surface area contributed by atoms with Crippen molar-refractivity contribution in [2.45, 2.75) is 38.2 Å². The molecule has 1 heterocycles. The molecule has 2 aliphatic rings. The number of imide groups is 1. The van der Waals surface area contributed by atoms with Crippen molar-refractivity contribution in [3.05, 3.63) is 59.2 Å². The summed E-state index contributed by atoms with van der Waals surface area (Å²) in [5.41, 5.74) is 0.547. The highest BCUT2D eigenvalue weighted by Crippen LogP contribution is 2.31. The van der Waals surface area contributed by atoms with E-state index in [0.717, 1.165) is 25.7 Å². The first-order valence-electron chi connectivity index (χ1n) is 9.63. The highest BCUT2D eigenvalue weighted by molar-refractivity contribution is 6.21. The molecule has 1 saturated carbocycles. The summed E-state index contributed by atoms with van der Waals surface area (Å²) in [4.78, 5) is 42.9. The number of carbonyl (C=O) groups excluding carboxylic acids is 3. The molecule has 0 unspecified atom stereocenters. The third-order valence-electron chi connectivity index (χ3n) is 5.19. The number of rotatable bonds is 5. The van der Waals surface area contributed by atoms with Gasteiger partial charge in [-0.1, -0.05) is 23.6 Å². The maximum absolute atomic E-state index is 12.8. The molecule has 0 spiro atoms. The molecule has 1 aliphatic heterocycles. The summed E-state index contributed by atoms with van der Waals surface area (Å²) < 4.78 is 11.3. The number of ether oxygens (including phenoxy) is 2. The van der Waals surface area contributed by atoms with Crippen molar-refractivity contribution in [1.29, 1.82) is 0 Å². The van der Waals surface area contributed by atoms with Gasteiger partial charge in [0.1, 0.15) is 17.1 Å². The number of methoxy groups -OCH3 is 1. The van der Waals surface area contributed by atoms with Crippen LogP contribution in [-0.2, 0) is 4.84 Å². The zero-order chi connectivity index (χ0) is 20.4. The molecule has 0 atom stereocenters. The van der Waals surface area contributed by atoms with E-state index in [2.05, 4.69) is 0 Å². The molecule has 0 radical (unpaired) electrons. The van der Waals surface area contributed by atoms with E-state index in [-0.39, 0.29) is 22.8 Å². The minimum absolute atomic E-state index is 0.00158. The summed E-state index contributed by atoms with van der Waals surface area (Å²) in [5, 5.41) is 0.502. The van der Waals surface area contributed by atoms with E-state index in [1.807, 2.05) is 0 Å². The molecule has 2 aromatic rings. The van der Waals surface area contributed by atoms with Gasteiger partial charge in [0, 0.05) is 6.07 Å². The normalized spacial score (nSPS) is 16.5. The summed E-state index contributed by atoms with van der Waals surface area (Å²) in [7, 11) is 1.52. The Morgan fingerprint density at radius 1 is 0.966 bits per heavy atom. The van der Waals surface area contributed by atoms with Gasteiger partial charge in [-0.05, 0) is 49.9 Å². The Labute approximate surface area is 168 Å². The largest absolute Gasteiger partial charge is 0.497 e. The fourth-order valence-corrected chi connectivity index (χ4v) is 3.64. The van der Waals surface area contributed by atoms with Crippen LogP contribution in [0.2, 0.25) is 0 Å². The van der Waals surface area contributed by atoms with Gasteiger partial charge in [-0.25, -0.2) is 4.79 Å². The number of hydroxylamine groups is 2. The number of fused-ring (bicyclic) bond motifs is 1. The molecule has 1 fully saturated rings. The van der Waals surface area contributed by atoms with Gasteiger partial charge < -0.3 is 14.3 Å². The third-order valence-corrected chi connectivity index (χ3v) is 5.19. The van der Waals surface area contributed by atoms with Crippen LogP contribution in [0.5, 0.6) is 11.5 Å². The first-order valence-corrected chi connectivity index (χ1v) is 9.63. The van der Waals surface area contributed by atoms with Crippen LogP contribution in [0, 0.1) is 0 Å². The predicted octanol–water partition coefficient (Wildman–Crippen LogP) is 3.77. The Morgan fingerprint density at radius 2 is 1.62 bits per heavy atom. The van der Waals surface area contributed by atoms with Crippen LogP contribution in [0.4, 0.5) is 0 Å². The average molecular weight is 395 g/mol. The molecule has 1 aliphatic carbocycles. The minimum Gasteiger partial charge on any atom is -0.497 e. The minimum atomic E-state index is -0.840. The van der Waals surface area contributed by atoms with Crippen molar-refractivity contribution in [2.75, 3.05) is 7.11 Å². The molecule has 0 N–H and O–H groups in total. The quantitative estimate of drug-likeness (QED) is 0.717. The second kappa shape index (κ2) is 7.95. The lowest BCUT2D eigenvalue weighted by molar-refractivity contribution is -0.0587. The van der Waals surface area contributed by atoms with Crippen molar-refractivity contribution in [3.63, 3.8) is 0 Å². The van der Waals surface area contributed by atoms with E-state index in [1.165, 1.54) is 31.7 Å². The number of hydrogen-bond donors (Lipinski definition) is 0. The lowest BCUT2D eigenvalue weighted by atomic mass is 9.97. The maximum atomic E-state index is 12.8. The fourth-order valence-electron chi connectivity index (χ4n) is 3.64. The third kappa shape index (κ3) is 3.68. The summed E-state index contributed by atoms with van der Waals surface area (Å²) in [6, 6.07) is 11.1. The molecular weight excluding hydrogens is 374 g/mol. The molecule has 7 heteroatoms. The average Bonchev–Trinajstić information content (AvgIpc) is 2.99. The molecule has 150 valence electrons. The van der Waals surface area contributed by atoms with Gasteiger partial charge in [0.2, 0.25) is 0 Å². The number of carbonyl (C=O) groups is 3.